The molecule has 1 aromatic heterocycles. The minimum atomic E-state index is 0.665. The average molecular weight is 222 g/mol. The molecule has 90 valence electrons. The van der Waals surface area contributed by atoms with E-state index in [1.54, 1.807) is 6.20 Å². The zero-order valence-corrected chi connectivity index (χ0v) is 10.5. The number of anilines is 1. The van der Waals surface area contributed by atoms with Gasteiger partial charge in [-0.05, 0) is 18.9 Å². The summed E-state index contributed by atoms with van der Waals surface area (Å²) in [6, 6.07) is 0. The minimum Gasteiger partial charge on any atom is -0.369 e. The van der Waals surface area contributed by atoms with Gasteiger partial charge in [0.15, 0.2) is 0 Å². The Labute approximate surface area is 97.9 Å². The average Bonchev–Trinajstić information content (AvgIpc) is 2.27. The van der Waals surface area contributed by atoms with Gasteiger partial charge in [0.1, 0.15) is 5.82 Å². The van der Waals surface area contributed by atoms with E-state index in [0.717, 1.165) is 37.6 Å². The van der Waals surface area contributed by atoms with E-state index >= 15 is 0 Å². The van der Waals surface area contributed by atoms with Crippen molar-refractivity contribution in [2.24, 2.45) is 5.92 Å². The first-order chi connectivity index (χ1) is 7.72. The van der Waals surface area contributed by atoms with Gasteiger partial charge < -0.3 is 10.6 Å². The van der Waals surface area contributed by atoms with Gasteiger partial charge in [0.2, 0.25) is 0 Å². The summed E-state index contributed by atoms with van der Waals surface area (Å²) in [4.78, 5) is 8.64. The van der Waals surface area contributed by atoms with E-state index < -0.39 is 0 Å². The van der Waals surface area contributed by atoms with Gasteiger partial charge in [-0.15, -0.1) is 0 Å². The molecule has 1 aromatic rings. The molecule has 1 rings (SSSR count). The van der Waals surface area contributed by atoms with Crippen molar-refractivity contribution in [1.82, 2.24) is 15.3 Å². The zero-order chi connectivity index (χ0) is 11.8. The van der Waals surface area contributed by atoms with Crippen LogP contribution in [0.15, 0.2) is 12.4 Å². The van der Waals surface area contributed by atoms with Gasteiger partial charge in [-0.3, -0.25) is 4.98 Å². The summed E-state index contributed by atoms with van der Waals surface area (Å²) in [5.74, 6) is 1.52. The number of nitrogens with one attached hydrogen (secondary N) is 2. The molecular formula is C12H22N4. The molecule has 0 aromatic carbocycles. The Bertz CT molecular complexity index is 282. The molecule has 4 nitrogen and oxygen atoms in total. The van der Waals surface area contributed by atoms with Crippen LogP contribution in [0.25, 0.3) is 0 Å². The van der Waals surface area contributed by atoms with Crippen LogP contribution in [0.3, 0.4) is 0 Å². The molecule has 0 bridgehead atoms. The van der Waals surface area contributed by atoms with E-state index in [-0.39, 0.29) is 0 Å². The first-order valence-corrected chi connectivity index (χ1v) is 5.98. The lowest BCUT2D eigenvalue weighted by molar-refractivity contribution is 0.547. The van der Waals surface area contributed by atoms with Crippen molar-refractivity contribution in [2.75, 3.05) is 18.4 Å². The smallest absolute Gasteiger partial charge is 0.144 e. The van der Waals surface area contributed by atoms with Crippen LogP contribution in [0.2, 0.25) is 0 Å². The highest BCUT2D eigenvalue weighted by atomic mass is 15.0. The fourth-order valence-corrected chi connectivity index (χ4v) is 1.28. The molecule has 0 radical (unpaired) electrons. The van der Waals surface area contributed by atoms with Gasteiger partial charge in [-0.1, -0.05) is 20.8 Å². The number of hydrogen-bond donors (Lipinski definition) is 2. The maximum Gasteiger partial charge on any atom is 0.144 e. The van der Waals surface area contributed by atoms with Crippen molar-refractivity contribution < 1.29 is 0 Å². The standard InChI is InChI=1S/C12H22N4/c1-4-5-14-12-9-15-11(8-16-12)7-13-6-10(2)3/h8-10,13H,4-7H2,1-3H3,(H,14,16). The zero-order valence-electron chi connectivity index (χ0n) is 10.5. The summed E-state index contributed by atoms with van der Waals surface area (Å²) in [5.41, 5.74) is 0.989. The van der Waals surface area contributed by atoms with E-state index in [1.165, 1.54) is 0 Å². The van der Waals surface area contributed by atoms with Crippen LogP contribution in [0.5, 0.6) is 0 Å². The number of hydrogen-bond acceptors (Lipinski definition) is 4. The van der Waals surface area contributed by atoms with Crippen molar-refractivity contribution in [3.05, 3.63) is 18.1 Å². The van der Waals surface area contributed by atoms with Crippen LogP contribution in [0.4, 0.5) is 5.82 Å². The van der Waals surface area contributed by atoms with Gasteiger partial charge in [0.25, 0.3) is 0 Å². The summed E-state index contributed by atoms with van der Waals surface area (Å²) in [6.45, 7) is 9.26. The number of rotatable bonds is 7. The Kier molecular flexibility index (Phi) is 5.78. The molecule has 4 heteroatoms. The van der Waals surface area contributed by atoms with Crippen molar-refractivity contribution in [2.45, 2.75) is 33.7 Å². The quantitative estimate of drug-likeness (QED) is 0.741. The topological polar surface area (TPSA) is 49.8 Å². The second-order valence-electron chi connectivity index (χ2n) is 4.34. The lowest BCUT2D eigenvalue weighted by atomic mass is 10.2. The van der Waals surface area contributed by atoms with Crippen molar-refractivity contribution in [3.63, 3.8) is 0 Å². The highest BCUT2D eigenvalue weighted by Crippen LogP contribution is 2.01. The van der Waals surface area contributed by atoms with Crippen LogP contribution >= 0.6 is 0 Å². The highest BCUT2D eigenvalue weighted by molar-refractivity contribution is 5.30. The Morgan fingerprint density at radius 3 is 2.62 bits per heavy atom. The second-order valence-corrected chi connectivity index (χ2v) is 4.34. The summed E-state index contributed by atoms with van der Waals surface area (Å²) < 4.78 is 0. The largest absolute Gasteiger partial charge is 0.369 e. The molecule has 0 unspecified atom stereocenters. The van der Waals surface area contributed by atoms with Crippen molar-refractivity contribution in [3.8, 4) is 0 Å². The third kappa shape index (κ3) is 5.07. The van der Waals surface area contributed by atoms with E-state index in [0.29, 0.717) is 5.92 Å². The van der Waals surface area contributed by atoms with Gasteiger partial charge in [-0.25, -0.2) is 4.98 Å². The predicted octanol–water partition coefficient (Wildman–Crippen LogP) is 2.04. The van der Waals surface area contributed by atoms with Crippen LogP contribution < -0.4 is 10.6 Å². The number of aromatic nitrogens is 2. The van der Waals surface area contributed by atoms with E-state index in [9.17, 15) is 0 Å². The third-order valence-electron chi connectivity index (χ3n) is 2.12. The van der Waals surface area contributed by atoms with Crippen molar-refractivity contribution >= 4 is 5.82 Å². The Morgan fingerprint density at radius 1 is 1.25 bits per heavy atom. The monoisotopic (exact) mass is 222 g/mol. The summed E-state index contributed by atoms with van der Waals surface area (Å²) in [5, 5.41) is 6.54. The van der Waals surface area contributed by atoms with Crippen LogP contribution in [0, 0.1) is 5.92 Å². The molecule has 0 aliphatic carbocycles. The fraction of sp³-hybridized carbons (Fsp3) is 0.667. The van der Waals surface area contributed by atoms with E-state index in [1.807, 2.05) is 6.20 Å². The first-order valence-electron chi connectivity index (χ1n) is 5.98. The van der Waals surface area contributed by atoms with Gasteiger partial charge in [-0.2, -0.15) is 0 Å². The maximum absolute atomic E-state index is 4.34. The summed E-state index contributed by atoms with van der Waals surface area (Å²) >= 11 is 0. The normalized spacial score (nSPS) is 10.8. The van der Waals surface area contributed by atoms with Gasteiger partial charge >= 0.3 is 0 Å². The SMILES string of the molecule is CCCNc1cnc(CNCC(C)C)cn1. The molecule has 0 spiro atoms. The van der Waals surface area contributed by atoms with Gasteiger partial charge in [0, 0.05) is 13.1 Å². The molecule has 1 heterocycles. The van der Waals surface area contributed by atoms with Gasteiger partial charge in [0.05, 0.1) is 18.1 Å². The van der Waals surface area contributed by atoms with E-state index in [4.69, 9.17) is 0 Å². The molecule has 0 fully saturated rings. The highest BCUT2D eigenvalue weighted by Gasteiger charge is 1.98. The lowest BCUT2D eigenvalue weighted by Gasteiger charge is -2.07. The molecule has 0 aliphatic rings. The number of nitrogens with zero attached hydrogens (tertiary/aromatic N) is 2. The Morgan fingerprint density at radius 2 is 2.06 bits per heavy atom. The molecular weight excluding hydrogens is 200 g/mol. The first kappa shape index (κ1) is 12.9. The third-order valence-corrected chi connectivity index (χ3v) is 2.12. The molecule has 16 heavy (non-hydrogen) atoms. The van der Waals surface area contributed by atoms with Crippen LogP contribution in [-0.4, -0.2) is 23.1 Å². The lowest BCUT2D eigenvalue weighted by Crippen LogP contribution is -2.19. The molecule has 0 atom stereocenters. The summed E-state index contributed by atoms with van der Waals surface area (Å²) in [7, 11) is 0. The molecule has 0 saturated carbocycles. The second kappa shape index (κ2) is 7.17. The molecule has 2 N–H and O–H groups in total. The fourth-order valence-electron chi connectivity index (χ4n) is 1.28. The van der Waals surface area contributed by atoms with E-state index in [2.05, 4.69) is 41.4 Å². The predicted molar refractivity (Wildman–Crippen MR) is 67.4 cm³/mol. The molecule has 0 aliphatic heterocycles. The van der Waals surface area contributed by atoms with Crippen LogP contribution in [0.1, 0.15) is 32.9 Å². The minimum absolute atomic E-state index is 0.665. The maximum atomic E-state index is 4.34. The summed E-state index contributed by atoms with van der Waals surface area (Å²) in [6.07, 6.45) is 4.72. The van der Waals surface area contributed by atoms with Crippen molar-refractivity contribution in [1.29, 1.82) is 0 Å². The Balaban J connectivity index is 2.33. The molecule has 0 amide bonds. The molecule has 0 saturated heterocycles. The van der Waals surface area contributed by atoms with Crippen LogP contribution in [-0.2, 0) is 6.54 Å². The Hall–Kier alpha value is -1.16.